The number of fused-ring (bicyclic) bond motifs is 1. The van der Waals surface area contributed by atoms with Gasteiger partial charge in [0.2, 0.25) is 5.91 Å². The number of nitrogens with one attached hydrogen (secondary N) is 1. The second kappa shape index (κ2) is 8.87. The number of benzene rings is 2. The molecule has 0 aliphatic carbocycles. The molecule has 2 aromatic carbocycles. The number of methoxy groups -OCH3 is 2. The number of carbonyl (C=O) groups is 1. The Morgan fingerprint density at radius 2 is 1.97 bits per heavy atom. The number of amides is 1. The van der Waals surface area contributed by atoms with E-state index < -0.39 is 0 Å². The third kappa shape index (κ3) is 4.23. The summed E-state index contributed by atoms with van der Waals surface area (Å²) < 4.78 is 12.4. The molecule has 0 saturated carbocycles. The van der Waals surface area contributed by atoms with E-state index in [1.807, 2.05) is 48.5 Å². The summed E-state index contributed by atoms with van der Waals surface area (Å²) in [5.74, 6) is 1.54. The van der Waals surface area contributed by atoms with E-state index in [4.69, 9.17) is 9.47 Å². The van der Waals surface area contributed by atoms with E-state index in [9.17, 15) is 4.79 Å². The van der Waals surface area contributed by atoms with Crippen molar-refractivity contribution >= 4 is 28.9 Å². The minimum atomic E-state index is -0.124. The quantitative estimate of drug-likeness (QED) is 0.453. The zero-order chi connectivity index (χ0) is 20.9. The number of para-hydroxylation sites is 1. The number of carbonyl (C=O) groups excluding carboxylic acids is 1. The molecular weight excluding hydrogens is 400 g/mol. The van der Waals surface area contributed by atoms with Crippen molar-refractivity contribution in [3.8, 4) is 22.8 Å². The van der Waals surface area contributed by atoms with Crippen LogP contribution in [0.3, 0.4) is 0 Å². The van der Waals surface area contributed by atoms with Gasteiger partial charge in [0.25, 0.3) is 0 Å². The SMILES string of the molecule is COc1cccc(NC(=O)CSc2nccn3nc(-c4ccccc4OC)cc23)c1. The van der Waals surface area contributed by atoms with Gasteiger partial charge >= 0.3 is 0 Å². The smallest absolute Gasteiger partial charge is 0.234 e. The van der Waals surface area contributed by atoms with Crippen LogP contribution in [0.2, 0.25) is 0 Å². The Morgan fingerprint density at radius 3 is 2.80 bits per heavy atom. The van der Waals surface area contributed by atoms with Gasteiger partial charge in [-0.05, 0) is 30.3 Å². The van der Waals surface area contributed by atoms with Crippen molar-refractivity contribution in [3.63, 3.8) is 0 Å². The van der Waals surface area contributed by atoms with Crippen LogP contribution < -0.4 is 14.8 Å². The van der Waals surface area contributed by atoms with Crippen molar-refractivity contribution in [2.24, 2.45) is 0 Å². The van der Waals surface area contributed by atoms with Crippen molar-refractivity contribution in [1.29, 1.82) is 0 Å². The average molecular weight is 420 g/mol. The predicted molar refractivity (Wildman–Crippen MR) is 117 cm³/mol. The van der Waals surface area contributed by atoms with Gasteiger partial charge in [-0.25, -0.2) is 9.50 Å². The number of thioether (sulfide) groups is 1. The van der Waals surface area contributed by atoms with Crippen molar-refractivity contribution in [3.05, 3.63) is 67.0 Å². The van der Waals surface area contributed by atoms with Crippen LogP contribution in [-0.4, -0.2) is 40.5 Å². The van der Waals surface area contributed by atoms with Crippen LogP contribution in [0, 0.1) is 0 Å². The van der Waals surface area contributed by atoms with Gasteiger partial charge in [-0.15, -0.1) is 0 Å². The lowest BCUT2D eigenvalue weighted by atomic mass is 10.1. The molecule has 0 fully saturated rings. The Hall–Kier alpha value is -3.52. The molecule has 0 atom stereocenters. The third-order valence-corrected chi connectivity index (χ3v) is 5.43. The highest BCUT2D eigenvalue weighted by molar-refractivity contribution is 8.00. The van der Waals surface area contributed by atoms with E-state index in [-0.39, 0.29) is 11.7 Å². The molecule has 4 rings (SSSR count). The summed E-state index contributed by atoms with van der Waals surface area (Å²) in [4.78, 5) is 16.8. The molecule has 7 nitrogen and oxygen atoms in total. The first-order valence-corrected chi connectivity index (χ1v) is 10.2. The van der Waals surface area contributed by atoms with Crippen molar-refractivity contribution < 1.29 is 14.3 Å². The summed E-state index contributed by atoms with van der Waals surface area (Å²) in [5.41, 5.74) is 3.20. The number of nitrogens with zero attached hydrogens (tertiary/aromatic N) is 3. The monoisotopic (exact) mass is 420 g/mol. The lowest BCUT2D eigenvalue weighted by molar-refractivity contribution is -0.113. The van der Waals surface area contributed by atoms with E-state index in [1.54, 1.807) is 37.2 Å². The molecular formula is C22H20N4O3S. The Bertz CT molecular complexity index is 1190. The van der Waals surface area contributed by atoms with Gasteiger partial charge in [0.1, 0.15) is 16.5 Å². The number of hydrogen-bond donors (Lipinski definition) is 1. The van der Waals surface area contributed by atoms with E-state index in [1.165, 1.54) is 11.8 Å². The molecule has 0 aliphatic rings. The second-order valence-electron chi connectivity index (χ2n) is 6.36. The number of ether oxygens (including phenoxy) is 2. The van der Waals surface area contributed by atoms with Crippen LogP contribution in [-0.2, 0) is 4.79 Å². The molecule has 0 unspecified atom stereocenters. The zero-order valence-electron chi connectivity index (χ0n) is 16.5. The minimum Gasteiger partial charge on any atom is -0.497 e. The molecule has 0 aliphatic heterocycles. The number of hydrogen-bond acceptors (Lipinski definition) is 6. The molecule has 8 heteroatoms. The molecule has 0 saturated heterocycles. The summed E-state index contributed by atoms with van der Waals surface area (Å²) in [6.45, 7) is 0. The molecule has 1 N–H and O–H groups in total. The maximum atomic E-state index is 12.4. The summed E-state index contributed by atoms with van der Waals surface area (Å²) in [6.07, 6.45) is 3.46. The van der Waals surface area contributed by atoms with Crippen LogP contribution >= 0.6 is 11.8 Å². The van der Waals surface area contributed by atoms with Gasteiger partial charge in [0, 0.05) is 29.7 Å². The van der Waals surface area contributed by atoms with Crippen LogP contribution in [0.15, 0.2) is 72.0 Å². The molecule has 2 aromatic heterocycles. The van der Waals surface area contributed by atoms with Crippen molar-refractivity contribution in [1.82, 2.24) is 14.6 Å². The zero-order valence-corrected chi connectivity index (χ0v) is 17.3. The molecule has 30 heavy (non-hydrogen) atoms. The van der Waals surface area contributed by atoms with E-state index in [2.05, 4.69) is 15.4 Å². The molecule has 4 aromatic rings. The fourth-order valence-electron chi connectivity index (χ4n) is 3.03. The lowest BCUT2D eigenvalue weighted by Crippen LogP contribution is -2.14. The van der Waals surface area contributed by atoms with Crippen molar-refractivity contribution in [2.75, 3.05) is 25.3 Å². The Labute approximate surface area is 178 Å². The standard InChI is InChI=1S/C22H20N4O3S/c1-28-16-7-5-6-15(12-16)24-21(27)14-30-22-19-13-18(25-26(19)11-10-23-22)17-8-3-4-9-20(17)29-2/h3-13H,14H2,1-2H3,(H,24,27). The minimum absolute atomic E-state index is 0.124. The van der Waals surface area contributed by atoms with Crippen LogP contribution in [0.4, 0.5) is 5.69 Å². The summed E-state index contributed by atoms with van der Waals surface area (Å²) in [6, 6.07) is 16.9. The fourth-order valence-corrected chi connectivity index (χ4v) is 3.80. The Morgan fingerprint density at radius 1 is 1.10 bits per heavy atom. The second-order valence-corrected chi connectivity index (χ2v) is 7.32. The summed E-state index contributed by atoms with van der Waals surface area (Å²) >= 11 is 1.36. The van der Waals surface area contributed by atoms with E-state index >= 15 is 0 Å². The van der Waals surface area contributed by atoms with E-state index in [0.29, 0.717) is 11.4 Å². The highest BCUT2D eigenvalue weighted by Gasteiger charge is 2.14. The normalized spacial score (nSPS) is 10.7. The van der Waals surface area contributed by atoms with E-state index in [0.717, 1.165) is 27.5 Å². The van der Waals surface area contributed by atoms with Gasteiger partial charge in [-0.3, -0.25) is 4.79 Å². The summed E-state index contributed by atoms with van der Waals surface area (Å²) in [5, 5.41) is 8.24. The van der Waals surface area contributed by atoms with Gasteiger partial charge < -0.3 is 14.8 Å². The van der Waals surface area contributed by atoms with Crippen molar-refractivity contribution in [2.45, 2.75) is 5.03 Å². The Kier molecular flexibility index (Phi) is 5.85. The highest BCUT2D eigenvalue weighted by Crippen LogP contribution is 2.31. The maximum Gasteiger partial charge on any atom is 0.234 e. The maximum absolute atomic E-state index is 12.4. The van der Waals surface area contributed by atoms with Gasteiger partial charge in [0.15, 0.2) is 0 Å². The first-order valence-electron chi connectivity index (χ1n) is 9.22. The molecule has 0 bridgehead atoms. The topological polar surface area (TPSA) is 77.8 Å². The molecule has 0 spiro atoms. The number of aromatic nitrogens is 3. The third-order valence-electron chi connectivity index (χ3n) is 4.43. The Balaban J connectivity index is 1.52. The molecule has 2 heterocycles. The first-order chi connectivity index (χ1) is 14.7. The molecule has 0 radical (unpaired) electrons. The van der Waals surface area contributed by atoms with Crippen LogP contribution in [0.25, 0.3) is 16.8 Å². The molecule has 152 valence electrons. The summed E-state index contributed by atoms with van der Waals surface area (Å²) in [7, 11) is 3.23. The van der Waals surface area contributed by atoms with Gasteiger partial charge in [0.05, 0.1) is 31.2 Å². The van der Waals surface area contributed by atoms with Gasteiger partial charge in [-0.2, -0.15) is 5.10 Å². The largest absolute Gasteiger partial charge is 0.497 e. The average Bonchev–Trinajstić information content (AvgIpc) is 3.22. The molecule has 1 amide bonds. The fraction of sp³-hybridized carbons (Fsp3) is 0.136. The highest BCUT2D eigenvalue weighted by atomic mass is 32.2. The predicted octanol–water partition coefficient (Wildman–Crippen LogP) is 4.14. The first kappa shape index (κ1) is 19.8. The lowest BCUT2D eigenvalue weighted by Gasteiger charge is -2.07. The van der Waals surface area contributed by atoms with Crippen LogP contribution in [0.5, 0.6) is 11.5 Å². The van der Waals surface area contributed by atoms with Gasteiger partial charge in [-0.1, -0.05) is 30.0 Å². The number of anilines is 1. The number of rotatable bonds is 7. The van der Waals surface area contributed by atoms with Crippen LogP contribution in [0.1, 0.15) is 0 Å².